The van der Waals surface area contributed by atoms with Crippen molar-refractivity contribution in [1.29, 1.82) is 0 Å². The Morgan fingerprint density at radius 2 is 2.00 bits per heavy atom. The summed E-state index contributed by atoms with van der Waals surface area (Å²) in [5.41, 5.74) is 4.69. The van der Waals surface area contributed by atoms with Gasteiger partial charge >= 0.3 is 0 Å². The van der Waals surface area contributed by atoms with Gasteiger partial charge in [-0.15, -0.1) is 0 Å². The molecule has 3 aromatic rings. The van der Waals surface area contributed by atoms with Crippen molar-refractivity contribution in [3.63, 3.8) is 0 Å². The first-order valence-electron chi connectivity index (χ1n) is 6.04. The molecule has 0 aliphatic heterocycles. The molecule has 0 spiro atoms. The van der Waals surface area contributed by atoms with Crippen molar-refractivity contribution in [3.05, 3.63) is 59.9 Å². The Kier molecular flexibility index (Phi) is 2.73. The van der Waals surface area contributed by atoms with Crippen LogP contribution in [0.15, 0.2) is 48.8 Å². The first kappa shape index (κ1) is 10.8. The third-order valence-corrected chi connectivity index (χ3v) is 3.17. The summed E-state index contributed by atoms with van der Waals surface area (Å²) in [6.45, 7) is 0. The highest BCUT2D eigenvalue weighted by Gasteiger charge is 2.04. The van der Waals surface area contributed by atoms with Gasteiger partial charge in [0.05, 0.1) is 0 Å². The van der Waals surface area contributed by atoms with Crippen molar-refractivity contribution >= 4 is 16.7 Å². The number of nitrogens with zero attached hydrogens (tertiary/aromatic N) is 1. The lowest BCUT2D eigenvalue weighted by Crippen LogP contribution is -1.90. The van der Waals surface area contributed by atoms with Gasteiger partial charge in [0.15, 0.2) is 0 Å². The van der Waals surface area contributed by atoms with Crippen molar-refractivity contribution in [2.45, 2.75) is 6.42 Å². The van der Waals surface area contributed by atoms with Crippen LogP contribution in [-0.2, 0) is 6.42 Å². The van der Waals surface area contributed by atoms with Crippen LogP contribution >= 0.6 is 0 Å². The first-order valence-corrected chi connectivity index (χ1v) is 6.04. The van der Waals surface area contributed by atoms with E-state index >= 15 is 0 Å². The number of H-pyrrole nitrogens is 1. The SMILES string of the molecule is CNc1ccc(Cc2c[nH]c3ncccc23)cc1. The predicted molar refractivity (Wildman–Crippen MR) is 74.9 cm³/mol. The highest BCUT2D eigenvalue weighted by molar-refractivity contribution is 5.79. The molecule has 3 nitrogen and oxygen atoms in total. The number of pyridine rings is 1. The van der Waals surface area contributed by atoms with E-state index in [2.05, 4.69) is 45.6 Å². The molecule has 0 atom stereocenters. The molecule has 0 saturated heterocycles. The lowest BCUT2D eigenvalue weighted by molar-refractivity contribution is 1.21. The molecule has 90 valence electrons. The summed E-state index contributed by atoms with van der Waals surface area (Å²) in [6, 6.07) is 12.6. The molecule has 0 amide bonds. The van der Waals surface area contributed by atoms with Crippen LogP contribution in [-0.4, -0.2) is 17.0 Å². The second-order valence-electron chi connectivity index (χ2n) is 4.34. The maximum atomic E-state index is 4.31. The van der Waals surface area contributed by atoms with Gasteiger partial charge in [-0.3, -0.25) is 0 Å². The molecule has 18 heavy (non-hydrogen) atoms. The van der Waals surface area contributed by atoms with E-state index in [1.54, 1.807) is 0 Å². The summed E-state index contributed by atoms with van der Waals surface area (Å²) < 4.78 is 0. The van der Waals surface area contributed by atoms with Gasteiger partial charge in [-0.25, -0.2) is 4.98 Å². The maximum Gasteiger partial charge on any atom is 0.137 e. The number of rotatable bonds is 3. The van der Waals surface area contributed by atoms with E-state index in [-0.39, 0.29) is 0 Å². The van der Waals surface area contributed by atoms with Crippen LogP contribution in [0, 0.1) is 0 Å². The van der Waals surface area contributed by atoms with Gasteiger partial charge < -0.3 is 10.3 Å². The van der Waals surface area contributed by atoms with Crippen molar-refractivity contribution in [2.75, 3.05) is 12.4 Å². The number of fused-ring (bicyclic) bond motifs is 1. The first-order chi connectivity index (χ1) is 8.86. The molecule has 2 heterocycles. The second kappa shape index (κ2) is 4.53. The fourth-order valence-electron chi connectivity index (χ4n) is 2.17. The third kappa shape index (κ3) is 1.95. The molecule has 0 radical (unpaired) electrons. The van der Waals surface area contributed by atoms with Crippen LogP contribution in [0.2, 0.25) is 0 Å². The zero-order valence-corrected chi connectivity index (χ0v) is 10.3. The fourth-order valence-corrected chi connectivity index (χ4v) is 2.17. The number of aromatic nitrogens is 2. The Balaban J connectivity index is 1.91. The molecular formula is C15H15N3. The van der Waals surface area contributed by atoms with Gasteiger partial charge in [-0.05, 0) is 41.8 Å². The minimum atomic E-state index is 0.926. The van der Waals surface area contributed by atoms with Gasteiger partial charge in [-0.1, -0.05) is 12.1 Å². The molecule has 0 aliphatic rings. The van der Waals surface area contributed by atoms with Gasteiger partial charge in [-0.2, -0.15) is 0 Å². The van der Waals surface area contributed by atoms with Crippen molar-refractivity contribution in [2.24, 2.45) is 0 Å². The molecule has 0 aliphatic carbocycles. The number of hydrogen-bond donors (Lipinski definition) is 2. The van der Waals surface area contributed by atoms with Crippen LogP contribution < -0.4 is 5.32 Å². The van der Waals surface area contributed by atoms with E-state index < -0.39 is 0 Å². The summed E-state index contributed by atoms with van der Waals surface area (Å²) in [5, 5.41) is 4.33. The minimum absolute atomic E-state index is 0.926. The van der Waals surface area contributed by atoms with Crippen LogP contribution in [0.25, 0.3) is 11.0 Å². The molecular weight excluding hydrogens is 222 g/mol. The smallest absolute Gasteiger partial charge is 0.137 e. The predicted octanol–water partition coefficient (Wildman–Crippen LogP) is 3.20. The fraction of sp³-hybridized carbons (Fsp3) is 0.133. The standard InChI is InChI=1S/C15H15N3/c1-16-13-6-4-11(5-7-13)9-12-10-18-15-14(12)3-2-8-17-15/h2-8,10,16H,9H2,1H3,(H,17,18). The summed E-state index contributed by atoms with van der Waals surface area (Å²) >= 11 is 0. The topological polar surface area (TPSA) is 40.7 Å². The van der Waals surface area contributed by atoms with Crippen molar-refractivity contribution in [1.82, 2.24) is 9.97 Å². The highest BCUT2D eigenvalue weighted by atomic mass is 14.8. The number of hydrogen-bond acceptors (Lipinski definition) is 2. The molecule has 3 heteroatoms. The number of aromatic amines is 1. The largest absolute Gasteiger partial charge is 0.388 e. The summed E-state index contributed by atoms with van der Waals surface area (Å²) in [4.78, 5) is 7.51. The Bertz CT molecular complexity index is 653. The Hall–Kier alpha value is -2.29. The maximum absolute atomic E-state index is 4.31. The Morgan fingerprint density at radius 1 is 1.17 bits per heavy atom. The molecule has 0 saturated carbocycles. The summed E-state index contributed by atoms with van der Waals surface area (Å²) in [5.74, 6) is 0. The summed E-state index contributed by atoms with van der Waals surface area (Å²) in [7, 11) is 1.93. The minimum Gasteiger partial charge on any atom is -0.388 e. The molecule has 2 N–H and O–H groups in total. The molecule has 3 rings (SSSR count). The Morgan fingerprint density at radius 3 is 2.78 bits per heavy atom. The van der Waals surface area contributed by atoms with Gasteiger partial charge in [0.1, 0.15) is 5.65 Å². The molecule has 0 fully saturated rings. The lowest BCUT2D eigenvalue weighted by Gasteiger charge is -2.03. The lowest BCUT2D eigenvalue weighted by atomic mass is 10.0. The van der Waals surface area contributed by atoms with Crippen molar-refractivity contribution < 1.29 is 0 Å². The third-order valence-electron chi connectivity index (χ3n) is 3.17. The van der Waals surface area contributed by atoms with Gasteiger partial charge in [0.25, 0.3) is 0 Å². The van der Waals surface area contributed by atoms with Gasteiger partial charge in [0, 0.05) is 30.5 Å². The van der Waals surface area contributed by atoms with Crippen LogP contribution in [0.1, 0.15) is 11.1 Å². The second-order valence-corrected chi connectivity index (χ2v) is 4.34. The average Bonchev–Trinajstić information content (AvgIpc) is 2.83. The normalized spacial score (nSPS) is 10.7. The zero-order chi connectivity index (χ0) is 12.4. The quantitative estimate of drug-likeness (QED) is 0.734. The van der Waals surface area contributed by atoms with Crippen LogP contribution in [0.5, 0.6) is 0 Å². The number of anilines is 1. The highest BCUT2D eigenvalue weighted by Crippen LogP contribution is 2.20. The van der Waals surface area contributed by atoms with Crippen LogP contribution in [0.3, 0.4) is 0 Å². The van der Waals surface area contributed by atoms with E-state index in [9.17, 15) is 0 Å². The van der Waals surface area contributed by atoms with E-state index in [0.29, 0.717) is 0 Å². The van der Waals surface area contributed by atoms with Crippen molar-refractivity contribution in [3.8, 4) is 0 Å². The van der Waals surface area contributed by atoms with Crippen LogP contribution in [0.4, 0.5) is 5.69 Å². The van der Waals surface area contributed by atoms with E-state index in [4.69, 9.17) is 0 Å². The van der Waals surface area contributed by atoms with E-state index in [0.717, 1.165) is 17.8 Å². The molecule has 2 aromatic heterocycles. The van der Waals surface area contributed by atoms with E-state index in [1.165, 1.54) is 16.5 Å². The zero-order valence-electron chi connectivity index (χ0n) is 10.3. The average molecular weight is 237 g/mol. The molecule has 0 bridgehead atoms. The number of benzene rings is 1. The van der Waals surface area contributed by atoms with E-state index in [1.807, 2.05) is 25.5 Å². The monoisotopic (exact) mass is 237 g/mol. The number of nitrogens with one attached hydrogen (secondary N) is 2. The summed E-state index contributed by atoms with van der Waals surface area (Å²) in [6.07, 6.45) is 4.78. The van der Waals surface area contributed by atoms with Gasteiger partial charge in [0.2, 0.25) is 0 Å². The molecule has 0 unspecified atom stereocenters. The Labute approximate surface area is 106 Å². The molecule has 1 aromatic carbocycles.